The van der Waals surface area contributed by atoms with Crippen molar-refractivity contribution in [2.45, 2.75) is 23.7 Å². The molecule has 0 radical (unpaired) electrons. The van der Waals surface area contributed by atoms with Crippen molar-refractivity contribution < 1.29 is 0 Å². The fourth-order valence-corrected chi connectivity index (χ4v) is 24.6. The normalized spacial score (nSPS) is 22.3. The Kier molecular flexibility index (Phi) is 1.98. The summed E-state index contributed by atoms with van der Waals surface area (Å²) >= 11 is 0. The highest BCUT2D eigenvalue weighted by molar-refractivity contribution is 6.81. The highest BCUT2D eigenvalue weighted by Crippen LogP contribution is 2.84. The minimum Gasteiger partial charge on any atom is -0.103 e. The maximum absolute atomic E-state index is 4.80. The van der Waals surface area contributed by atoms with Gasteiger partial charge in [0.15, 0.2) is 0 Å². The van der Waals surface area contributed by atoms with E-state index in [0.717, 1.165) is 12.8 Å². The van der Waals surface area contributed by atoms with Crippen LogP contribution in [0, 0.1) is 0 Å². The molecule has 5 aliphatic carbocycles. The number of allylic oxidation sites excluding steroid dienone is 2. The van der Waals surface area contributed by atoms with E-state index >= 15 is 0 Å². The monoisotopic (exact) mass is 802 g/mol. The molecule has 0 fully saturated rings. The predicted molar refractivity (Wildman–Crippen MR) is 282 cm³/mol. The van der Waals surface area contributed by atoms with Gasteiger partial charge in [-0.15, -0.1) is 13.2 Å². The van der Waals surface area contributed by atoms with E-state index in [0.29, 0.717) is 0 Å². The van der Waals surface area contributed by atoms with E-state index < -0.39 is 0 Å². The molecule has 27 aromatic carbocycles. The second-order valence-electron chi connectivity index (χ2n) is 24.5. The second kappa shape index (κ2) is 5.38. The van der Waals surface area contributed by atoms with Gasteiger partial charge in [0.25, 0.3) is 0 Å². The van der Waals surface area contributed by atoms with E-state index in [9.17, 15) is 0 Å². The zero-order chi connectivity index (χ0) is 39.3. The van der Waals surface area contributed by atoms with Crippen LogP contribution in [0.4, 0.5) is 0 Å². The Morgan fingerprint density at radius 3 is 0.439 bits per heavy atom. The lowest BCUT2D eigenvalue weighted by Crippen LogP contribution is -2.42. The van der Waals surface area contributed by atoms with E-state index in [-0.39, 0.29) is 10.8 Å². The van der Waals surface area contributed by atoms with Crippen LogP contribution in [0.2, 0.25) is 0 Å². The Morgan fingerprint density at radius 2 is 0.273 bits per heavy atom. The van der Waals surface area contributed by atoms with E-state index in [1.807, 2.05) is 0 Å². The van der Waals surface area contributed by atoms with Crippen LogP contribution in [0.25, 0.3) is 280 Å². The standard InChI is InChI=1S/C66H10/c1-3-5-65-59-51-42-35-22-15-9-10-12-8-7-11(9)20(22)26-24-13(7)17-14(8)25-27-21(12)23-16(10)19-18(15)29-37-30(19)39-36(23)43-41(27)45-32(25)34-28(17)33-31(24)44(40(26)42)55(59)57-46(33)47(34)58-56(45)60-52(43)49(39)54-50(37)53(48(51)38(29)35)61(65)62(54)66(60,6-4-2)64(58)63(57)65/h3-4H,1-2,5-6H2/t65-,66+. The first-order chi connectivity index (χ1) is 32.9. The van der Waals surface area contributed by atoms with Crippen molar-refractivity contribution in [2.24, 2.45) is 0 Å². The summed E-state index contributed by atoms with van der Waals surface area (Å²) in [4.78, 5) is 0. The summed E-state index contributed by atoms with van der Waals surface area (Å²) in [7, 11) is 0. The van der Waals surface area contributed by atoms with Crippen LogP contribution < -0.4 is 0 Å². The number of hydrogen-bond donors (Lipinski definition) is 0. The Hall–Kier alpha value is -8.06. The minimum absolute atomic E-state index is 0.283. The van der Waals surface area contributed by atoms with Gasteiger partial charge in [0.05, 0.1) is 10.8 Å². The summed E-state index contributed by atoms with van der Waals surface area (Å²) in [6.07, 6.45) is 6.67. The molecule has 0 amide bonds. The molecule has 0 aromatic heterocycles. The summed E-state index contributed by atoms with van der Waals surface area (Å²) in [5.74, 6) is 0. The van der Waals surface area contributed by atoms with Gasteiger partial charge in [0.1, 0.15) is 0 Å². The predicted octanol–water partition coefficient (Wildman–Crippen LogP) is 18.1. The Balaban J connectivity index is 1.28. The van der Waals surface area contributed by atoms with Crippen molar-refractivity contribution in [1.82, 2.24) is 0 Å². The second-order valence-corrected chi connectivity index (χ2v) is 24.5. The molecule has 0 bridgehead atoms. The molecule has 27 aromatic rings. The number of hydrogen-bond acceptors (Lipinski definition) is 0. The van der Waals surface area contributed by atoms with E-state index in [2.05, 4.69) is 12.2 Å². The molecule has 66 heavy (non-hydrogen) atoms. The van der Waals surface area contributed by atoms with Crippen LogP contribution in [-0.4, -0.2) is 0 Å². The first-order valence-corrected chi connectivity index (χ1v) is 24.8. The van der Waals surface area contributed by atoms with Crippen LogP contribution in [0.3, 0.4) is 0 Å². The highest BCUT2D eigenvalue weighted by atomic mass is 14.7. The van der Waals surface area contributed by atoms with Crippen molar-refractivity contribution in [3.05, 3.63) is 58.7 Å². The van der Waals surface area contributed by atoms with Crippen LogP contribution in [-0.2, 0) is 10.8 Å². The molecule has 2 atom stereocenters. The molecule has 0 N–H and O–H groups in total. The van der Waals surface area contributed by atoms with Crippen molar-refractivity contribution in [2.75, 3.05) is 0 Å². The Labute approximate surface area is 360 Å². The molecule has 0 aliphatic heterocycles. The molecule has 5 aliphatic rings. The maximum Gasteiger partial charge on any atom is 0.0517 e. The summed E-state index contributed by atoms with van der Waals surface area (Å²) in [6.45, 7) is 9.60. The molecule has 0 heteroatoms. The van der Waals surface area contributed by atoms with Crippen LogP contribution in [0.5, 0.6) is 0 Å². The molecule has 0 spiro atoms. The van der Waals surface area contributed by atoms with Crippen molar-refractivity contribution in [3.8, 4) is 0 Å². The van der Waals surface area contributed by atoms with E-state index in [1.54, 1.807) is 313 Å². The molecule has 0 heterocycles. The first kappa shape index (κ1) is 24.3. The maximum atomic E-state index is 4.80. The van der Waals surface area contributed by atoms with Gasteiger partial charge in [-0.25, -0.2) is 0 Å². The zero-order valence-corrected chi connectivity index (χ0v) is 34.0. The van der Waals surface area contributed by atoms with Gasteiger partial charge >= 0.3 is 0 Å². The quantitative estimate of drug-likeness (QED) is 0.123. The third kappa shape index (κ3) is 1.22. The Bertz CT molecular complexity index is 6700. The third-order valence-electron chi connectivity index (χ3n) is 24.5. The number of benzene rings is 17. The first-order valence-electron chi connectivity index (χ1n) is 24.8. The van der Waals surface area contributed by atoms with Gasteiger partial charge in [-0.2, -0.15) is 0 Å². The van der Waals surface area contributed by atoms with Crippen LogP contribution in [0.15, 0.2) is 25.3 Å². The molecule has 0 saturated heterocycles. The summed E-state index contributed by atoms with van der Waals surface area (Å²) in [5, 5.41) is 86.2. The third-order valence-corrected chi connectivity index (χ3v) is 24.5. The summed E-state index contributed by atoms with van der Waals surface area (Å²) in [5.41, 5.74) is 9.74. The van der Waals surface area contributed by atoms with E-state index in [4.69, 9.17) is 13.2 Å². The smallest absolute Gasteiger partial charge is 0.0517 e. The topological polar surface area (TPSA) is 0 Å². The molecule has 32 rings (SSSR count). The average Bonchev–Trinajstić information content (AvgIpc) is 4.17. The lowest BCUT2D eigenvalue weighted by Gasteiger charge is -2.48. The van der Waals surface area contributed by atoms with Gasteiger partial charge in [0.2, 0.25) is 0 Å². The van der Waals surface area contributed by atoms with Gasteiger partial charge in [-0.3, -0.25) is 0 Å². The van der Waals surface area contributed by atoms with Gasteiger partial charge in [-0.1, -0.05) is 12.2 Å². The number of rotatable bonds is 4. The van der Waals surface area contributed by atoms with Crippen LogP contribution in [0.1, 0.15) is 46.2 Å². The zero-order valence-electron chi connectivity index (χ0n) is 34.0. The van der Waals surface area contributed by atoms with Gasteiger partial charge < -0.3 is 0 Å². The lowest BCUT2D eigenvalue weighted by molar-refractivity contribution is 0.551. The molecule has 0 saturated carbocycles. The molecule has 0 nitrogen and oxygen atoms in total. The lowest BCUT2D eigenvalue weighted by atomic mass is 9.52. The largest absolute Gasteiger partial charge is 0.103 e. The molecular formula is C66H10. The van der Waals surface area contributed by atoms with Gasteiger partial charge in [-0.05, 0) is 326 Å². The SMILES string of the molecule is C=CC[C@]12c3c4c5c6c7c8c9c%10c(c1c1c%11c2c2c%12c3c5c3c5c%12c%12c2c2c%11c%11c%13c1c%10c1c%10c9c9c7c7c6c3c3c5c5c%12c6c2c%11c2c(c%131)c1c%10c9c9c7c3c3c9c1c2c6c53)[C@@]48CC=C. The van der Waals surface area contributed by atoms with Crippen molar-refractivity contribution in [3.63, 3.8) is 0 Å². The highest BCUT2D eigenvalue weighted by Gasteiger charge is 2.65. The molecular weight excluding hydrogens is 793 g/mol. The van der Waals surface area contributed by atoms with Gasteiger partial charge in [0, 0.05) is 0 Å². The summed E-state index contributed by atoms with van der Waals surface area (Å²) in [6, 6.07) is 0. The van der Waals surface area contributed by atoms with E-state index in [1.165, 1.54) is 0 Å². The summed E-state index contributed by atoms with van der Waals surface area (Å²) < 4.78 is 0. The van der Waals surface area contributed by atoms with Crippen molar-refractivity contribution in [1.29, 1.82) is 0 Å². The molecule has 274 valence electrons. The fourth-order valence-electron chi connectivity index (χ4n) is 24.6. The minimum atomic E-state index is -0.283. The average molecular weight is 803 g/mol. The molecule has 0 unspecified atom stereocenters. The fraction of sp³-hybridized carbons (Fsp3) is 0.0606. The van der Waals surface area contributed by atoms with Crippen molar-refractivity contribution >= 4 is 280 Å². The van der Waals surface area contributed by atoms with Crippen LogP contribution >= 0.6 is 0 Å². The Morgan fingerprint density at radius 1 is 0.167 bits per heavy atom.